The molecule has 0 unspecified atom stereocenters. The first-order chi connectivity index (χ1) is 16.7. The Morgan fingerprint density at radius 3 is 2.26 bits per heavy atom. The van der Waals surface area contributed by atoms with E-state index in [0.29, 0.717) is 31.5 Å². The number of hydrogen-bond acceptors (Lipinski definition) is 5. The van der Waals surface area contributed by atoms with Crippen molar-refractivity contribution in [2.24, 2.45) is 17.6 Å². The van der Waals surface area contributed by atoms with Crippen molar-refractivity contribution in [1.29, 1.82) is 0 Å². The van der Waals surface area contributed by atoms with Gasteiger partial charge in [0.15, 0.2) is 5.78 Å². The molecular weight excluding hydrogens is 448 g/mol. The number of nitrogens with one attached hydrogen (secondary N) is 3. The Morgan fingerprint density at radius 1 is 1.00 bits per heavy atom. The van der Waals surface area contributed by atoms with E-state index in [1.165, 1.54) is 0 Å². The second kappa shape index (κ2) is 16.6. The SMILES string of the molecule is CCCCCCC(=O)N[C@H](C(=O)C[C@@H](CCCNC(N)=O)C(=O)Nc1ccc(CO)cc1)C(C)C. The van der Waals surface area contributed by atoms with Crippen molar-refractivity contribution in [3.63, 3.8) is 0 Å². The van der Waals surface area contributed by atoms with Crippen molar-refractivity contribution in [3.05, 3.63) is 29.8 Å². The third-order valence-corrected chi connectivity index (χ3v) is 5.84. The number of anilines is 1. The van der Waals surface area contributed by atoms with Crippen LogP contribution in [0.1, 0.15) is 77.7 Å². The van der Waals surface area contributed by atoms with Crippen LogP contribution in [0.2, 0.25) is 0 Å². The molecule has 0 spiro atoms. The Morgan fingerprint density at radius 2 is 1.69 bits per heavy atom. The molecule has 0 aliphatic rings. The summed E-state index contributed by atoms with van der Waals surface area (Å²) in [6.45, 7) is 6.04. The summed E-state index contributed by atoms with van der Waals surface area (Å²) in [5.74, 6) is -1.42. The lowest BCUT2D eigenvalue weighted by atomic mass is 9.89. The highest BCUT2D eigenvalue weighted by Crippen LogP contribution is 2.19. The van der Waals surface area contributed by atoms with E-state index in [0.717, 1.165) is 31.2 Å². The Balaban J connectivity index is 2.84. The molecule has 1 aromatic rings. The second-order valence-corrected chi connectivity index (χ2v) is 9.24. The summed E-state index contributed by atoms with van der Waals surface area (Å²) >= 11 is 0. The number of urea groups is 1. The highest BCUT2D eigenvalue weighted by Gasteiger charge is 2.29. The molecular formula is C26H42N4O5. The number of carbonyl (C=O) groups excluding carboxylic acids is 4. The predicted molar refractivity (Wildman–Crippen MR) is 136 cm³/mol. The van der Waals surface area contributed by atoms with Crippen LogP contribution in [-0.2, 0) is 21.0 Å². The normalized spacial score (nSPS) is 12.6. The summed E-state index contributed by atoms with van der Waals surface area (Å²) in [4.78, 5) is 49.6. The molecule has 0 aliphatic carbocycles. The van der Waals surface area contributed by atoms with Crippen molar-refractivity contribution >= 4 is 29.3 Å². The van der Waals surface area contributed by atoms with Gasteiger partial charge in [0.1, 0.15) is 0 Å². The van der Waals surface area contributed by atoms with Crippen LogP contribution in [0.25, 0.3) is 0 Å². The van der Waals surface area contributed by atoms with Gasteiger partial charge < -0.3 is 26.8 Å². The number of hydrogen-bond donors (Lipinski definition) is 5. The third-order valence-electron chi connectivity index (χ3n) is 5.84. The topological polar surface area (TPSA) is 151 Å². The molecule has 9 heteroatoms. The standard InChI is InChI=1S/C26H42N4O5/c1-4-5-6-7-10-23(33)30-24(18(2)3)22(32)16-20(9-8-15-28-26(27)35)25(34)29-21-13-11-19(17-31)12-14-21/h11-14,18,20,24,31H,4-10,15-17H2,1-3H3,(H,29,34)(H,30,33)(H3,27,28,35)/t20-,24+/m1/s1. The number of unbranched alkanes of at least 4 members (excludes halogenated alkanes) is 3. The van der Waals surface area contributed by atoms with Crippen molar-refractivity contribution in [1.82, 2.24) is 10.6 Å². The highest BCUT2D eigenvalue weighted by atomic mass is 16.3. The minimum atomic E-state index is -0.670. The van der Waals surface area contributed by atoms with Crippen molar-refractivity contribution in [2.75, 3.05) is 11.9 Å². The van der Waals surface area contributed by atoms with Crippen LogP contribution in [0.5, 0.6) is 0 Å². The molecule has 0 aliphatic heterocycles. The van der Waals surface area contributed by atoms with Crippen molar-refractivity contribution in [3.8, 4) is 0 Å². The van der Waals surface area contributed by atoms with Gasteiger partial charge in [-0.15, -0.1) is 0 Å². The van der Waals surface area contributed by atoms with Gasteiger partial charge in [0.2, 0.25) is 11.8 Å². The molecule has 0 saturated heterocycles. The van der Waals surface area contributed by atoms with Gasteiger partial charge in [-0.1, -0.05) is 52.2 Å². The van der Waals surface area contributed by atoms with Crippen molar-refractivity contribution < 1.29 is 24.3 Å². The predicted octanol–water partition coefficient (Wildman–Crippen LogP) is 3.25. The summed E-state index contributed by atoms with van der Waals surface area (Å²) in [5, 5.41) is 17.4. The van der Waals surface area contributed by atoms with Crippen LogP contribution >= 0.6 is 0 Å². The highest BCUT2D eigenvalue weighted by molar-refractivity contribution is 5.97. The molecule has 196 valence electrons. The first kappa shape index (κ1) is 30.1. The van der Waals surface area contributed by atoms with Gasteiger partial charge in [-0.05, 0) is 42.9 Å². The molecule has 1 aromatic carbocycles. The zero-order valence-electron chi connectivity index (χ0n) is 21.3. The van der Waals surface area contributed by atoms with Crippen molar-refractivity contribution in [2.45, 2.75) is 84.8 Å². The van der Waals surface area contributed by atoms with Gasteiger partial charge in [0, 0.05) is 31.0 Å². The first-order valence-corrected chi connectivity index (χ1v) is 12.5. The number of rotatable bonds is 17. The number of carbonyl (C=O) groups is 4. The lowest BCUT2D eigenvalue weighted by Gasteiger charge is -2.24. The summed E-state index contributed by atoms with van der Waals surface area (Å²) in [6, 6.07) is 5.47. The smallest absolute Gasteiger partial charge is 0.312 e. The fraction of sp³-hybridized carbons (Fsp3) is 0.615. The number of aliphatic hydroxyl groups excluding tert-OH is 1. The van der Waals surface area contributed by atoms with E-state index in [1.54, 1.807) is 24.3 Å². The minimum absolute atomic E-state index is 0.0317. The Hall–Kier alpha value is -2.94. The number of nitrogens with two attached hydrogens (primary N) is 1. The van der Waals surface area contributed by atoms with Crippen LogP contribution < -0.4 is 21.7 Å². The summed E-state index contributed by atoms with van der Waals surface area (Å²) in [7, 11) is 0. The lowest BCUT2D eigenvalue weighted by Crippen LogP contribution is -2.45. The Labute approximate surface area is 208 Å². The lowest BCUT2D eigenvalue weighted by molar-refractivity contribution is -0.131. The summed E-state index contributed by atoms with van der Waals surface area (Å²) in [6.07, 6.45) is 5.09. The van der Waals surface area contributed by atoms with Gasteiger partial charge in [-0.2, -0.15) is 0 Å². The van der Waals surface area contributed by atoms with E-state index in [2.05, 4.69) is 22.9 Å². The number of benzene rings is 1. The molecule has 1 rings (SSSR count). The molecule has 35 heavy (non-hydrogen) atoms. The average molecular weight is 491 g/mol. The fourth-order valence-electron chi connectivity index (χ4n) is 3.77. The minimum Gasteiger partial charge on any atom is -0.392 e. The van der Waals surface area contributed by atoms with Gasteiger partial charge >= 0.3 is 6.03 Å². The van der Waals surface area contributed by atoms with Gasteiger partial charge in [0.25, 0.3) is 0 Å². The van der Waals surface area contributed by atoms with E-state index in [-0.39, 0.29) is 36.5 Å². The van der Waals surface area contributed by atoms with Gasteiger partial charge in [0.05, 0.1) is 12.6 Å². The molecule has 6 N–H and O–H groups in total. The van der Waals surface area contributed by atoms with Crippen LogP contribution in [-0.4, -0.2) is 41.3 Å². The quantitative estimate of drug-likeness (QED) is 0.212. The molecule has 0 heterocycles. The Bertz CT molecular complexity index is 810. The molecule has 4 amide bonds. The number of ketones is 1. The number of Topliss-reactive ketones (excluding diaryl/α,β-unsaturated/α-hetero) is 1. The van der Waals surface area contributed by atoms with Crippen LogP contribution in [0.15, 0.2) is 24.3 Å². The first-order valence-electron chi connectivity index (χ1n) is 12.5. The monoisotopic (exact) mass is 490 g/mol. The van der Waals surface area contributed by atoms with Gasteiger partial charge in [-0.3, -0.25) is 14.4 Å². The maximum Gasteiger partial charge on any atom is 0.312 e. The van der Waals surface area contributed by atoms with Crippen LogP contribution in [0, 0.1) is 11.8 Å². The molecule has 0 bridgehead atoms. The molecule has 0 saturated carbocycles. The van der Waals surface area contributed by atoms with E-state index in [9.17, 15) is 24.3 Å². The maximum absolute atomic E-state index is 13.2. The molecule has 0 radical (unpaired) electrons. The van der Waals surface area contributed by atoms with E-state index in [1.807, 2.05) is 13.8 Å². The second-order valence-electron chi connectivity index (χ2n) is 9.24. The zero-order valence-corrected chi connectivity index (χ0v) is 21.3. The number of primary amides is 1. The maximum atomic E-state index is 13.2. The molecule has 9 nitrogen and oxygen atoms in total. The van der Waals surface area contributed by atoms with Gasteiger partial charge in [-0.25, -0.2) is 4.79 Å². The fourth-order valence-corrected chi connectivity index (χ4v) is 3.77. The zero-order chi connectivity index (χ0) is 26.2. The molecule has 0 aromatic heterocycles. The largest absolute Gasteiger partial charge is 0.392 e. The summed E-state index contributed by atoms with van der Waals surface area (Å²) in [5.41, 5.74) is 6.38. The average Bonchev–Trinajstić information content (AvgIpc) is 2.82. The molecule has 2 atom stereocenters. The van der Waals surface area contributed by atoms with Crippen LogP contribution in [0.3, 0.4) is 0 Å². The van der Waals surface area contributed by atoms with E-state index < -0.39 is 18.0 Å². The molecule has 0 fully saturated rings. The third kappa shape index (κ3) is 12.4. The Kier molecular flexibility index (Phi) is 14.3. The number of amides is 4. The number of aliphatic hydroxyl groups is 1. The van der Waals surface area contributed by atoms with E-state index in [4.69, 9.17) is 5.73 Å². The van der Waals surface area contributed by atoms with Crippen LogP contribution in [0.4, 0.5) is 10.5 Å². The summed E-state index contributed by atoms with van der Waals surface area (Å²) < 4.78 is 0. The van der Waals surface area contributed by atoms with E-state index >= 15 is 0 Å².